The Balaban J connectivity index is 2.00. The summed E-state index contributed by atoms with van der Waals surface area (Å²) in [4.78, 5) is 108. The first-order valence-electron chi connectivity index (χ1n) is 25.7. The largest absolute Gasteiger partial charge is 0.481 e. The molecule has 0 aromatic heterocycles. The molecular formula is C48H88N10O11. The molecule has 1 rings (SSSR count). The standard InChI is InChI=1S/C48H88N10O11/c1-4-35(5-2)45(57-34(3)59)44-37(49)33-36(47(66)67)46(44)69-48(68)56-32-16-7-6-15-27-51-41(63)24-14-20-31-54-40(62)23-12-9-18-29-52-38(60)21-11-8-17-28-53-39(61)22-13-10-19-30-55-42(64)25-26-43(65)58-50/h35-37,44-46H,4-33,49-50H2,1-3H3,(H,51,63)(H,52,60)(H,53,61)(H,54,62)(H,55,64)(H,56,68)(H,57,59)(H,58,65)(H,66,67). The summed E-state index contributed by atoms with van der Waals surface area (Å²) in [5.74, 6) is 1.52. The van der Waals surface area contributed by atoms with Gasteiger partial charge in [-0.25, -0.2) is 10.6 Å². The predicted octanol–water partition coefficient (Wildman–Crippen LogP) is 2.83. The Labute approximate surface area is 409 Å². The van der Waals surface area contributed by atoms with Gasteiger partial charge in [0.2, 0.25) is 41.4 Å². The van der Waals surface area contributed by atoms with Crippen LogP contribution in [0.15, 0.2) is 0 Å². The monoisotopic (exact) mass is 981 g/mol. The first-order valence-corrected chi connectivity index (χ1v) is 25.7. The molecule has 0 spiro atoms. The molecule has 0 aliphatic heterocycles. The van der Waals surface area contributed by atoms with Crippen molar-refractivity contribution >= 4 is 53.4 Å². The van der Waals surface area contributed by atoms with Gasteiger partial charge in [-0.2, -0.15) is 0 Å². The molecule has 1 aliphatic rings. The summed E-state index contributed by atoms with van der Waals surface area (Å²) in [5, 5.41) is 30.0. The number of hydrazine groups is 1. The predicted molar refractivity (Wildman–Crippen MR) is 261 cm³/mol. The van der Waals surface area contributed by atoms with Crippen LogP contribution in [0.25, 0.3) is 0 Å². The van der Waals surface area contributed by atoms with Crippen molar-refractivity contribution in [2.24, 2.45) is 29.3 Å². The Morgan fingerprint density at radius 3 is 1.25 bits per heavy atom. The maximum atomic E-state index is 12.8. The number of hydrogen-bond donors (Lipinski definition) is 11. The smallest absolute Gasteiger partial charge is 0.407 e. The van der Waals surface area contributed by atoms with Crippen LogP contribution in [0.2, 0.25) is 0 Å². The fourth-order valence-corrected chi connectivity index (χ4v) is 8.54. The molecule has 21 heteroatoms. The molecule has 0 heterocycles. The van der Waals surface area contributed by atoms with Crippen molar-refractivity contribution in [1.82, 2.24) is 42.6 Å². The lowest BCUT2D eigenvalue weighted by Crippen LogP contribution is -2.53. The topological polar surface area (TPSA) is 331 Å². The second-order valence-electron chi connectivity index (χ2n) is 18.1. The van der Waals surface area contributed by atoms with E-state index >= 15 is 0 Å². The second kappa shape index (κ2) is 38.8. The number of ether oxygens (including phenoxy) is 1. The van der Waals surface area contributed by atoms with Gasteiger partial charge < -0.3 is 52.8 Å². The number of hydrogen-bond acceptors (Lipinski definition) is 12. The summed E-state index contributed by atoms with van der Waals surface area (Å²) < 4.78 is 5.71. The summed E-state index contributed by atoms with van der Waals surface area (Å²) in [6, 6.07) is -0.974. The third kappa shape index (κ3) is 30.2. The number of rotatable bonds is 40. The summed E-state index contributed by atoms with van der Waals surface area (Å²) >= 11 is 0. The van der Waals surface area contributed by atoms with Crippen LogP contribution >= 0.6 is 0 Å². The van der Waals surface area contributed by atoms with Crippen LogP contribution < -0.4 is 54.2 Å². The molecule has 0 saturated heterocycles. The normalized spacial score (nSPS) is 16.7. The highest BCUT2D eigenvalue weighted by Gasteiger charge is 2.52. The van der Waals surface area contributed by atoms with Crippen molar-refractivity contribution in [3.8, 4) is 0 Å². The zero-order chi connectivity index (χ0) is 51.2. The molecule has 5 atom stereocenters. The van der Waals surface area contributed by atoms with Crippen LogP contribution in [0.3, 0.4) is 0 Å². The highest BCUT2D eigenvalue weighted by Crippen LogP contribution is 2.39. The molecule has 69 heavy (non-hydrogen) atoms. The summed E-state index contributed by atoms with van der Waals surface area (Å²) in [5.41, 5.74) is 8.40. The lowest BCUT2D eigenvalue weighted by atomic mass is 9.80. The minimum atomic E-state index is -1.09. The highest BCUT2D eigenvalue weighted by molar-refractivity contribution is 5.83. The second-order valence-corrected chi connectivity index (χ2v) is 18.1. The molecule has 8 amide bonds. The van der Waals surface area contributed by atoms with Crippen molar-refractivity contribution in [2.45, 2.75) is 193 Å². The van der Waals surface area contributed by atoms with Crippen LogP contribution in [0.1, 0.15) is 175 Å². The molecule has 0 aromatic rings. The van der Waals surface area contributed by atoms with Gasteiger partial charge in [-0.3, -0.25) is 43.8 Å². The molecule has 1 aliphatic carbocycles. The van der Waals surface area contributed by atoms with Gasteiger partial charge in [-0.15, -0.1) is 0 Å². The Kier molecular flexibility index (Phi) is 34.8. The van der Waals surface area contributed by atoms with Gasteiger partial charge in [0.1, 0.15) is 6.10 Å². The maximum absolute atomic E-state index is 12.8. The van der Waals surface area contributed by atoms with Gasteiger partial charge in [0.05, 0.1) is 5.92 Å². The van der Waals surface area contributed by atoms with Gasteiger partial charge >= 0.3 is 12.1 Å². The van der Waals surface area contributed by atoms with E-state index in [2.05, 4.69) is 37.2 Å². The van der Waals surface area contributed by atoms with Gasteiger partial charge in [-0.1, -0.05) is 58.8 Å². The van der Waals surface area contributed by atoms with Crippen molar-refractivity contribution < 1.29 is 53.0 Å². The maximum Gasteiger partial charge on any atom is 0.407 e. The number of nitrogens with one attached hydrogen (secondary N) is 8. The van der Waals surface area contributed by atoms with Gasteiger partial charge in [0.15, 0.2) is 0 Å². The molecule has 0 radical (unpaired) electrons. The Bertz CT molecular complexity index is 1550. The zero-order valence-electron chi connectivity index (χ0n) is 41.9. The van der Waals surface area contributed by atoms with Crippen molar-refractivity contribution in [3.63, 3.8) is 0 Å². The Morgan fingerprint density at radius 2 is 0.870 bits per heavy atom. The lowest BCUT2D eigenvalue weighted by molar-refractivity contribution is -0.145. The average Bonchev–Trinajstić information content (AvgIpc) is 3.64. The van der Waals surface area contributed by atoms with Crippen molar-refractivity contribution in [3.05, 3.63) is 0 Å². The Morgan fingerprint density at radius 1 is 0.522 bits per heavy atom. The lowest BCUT2D eigenvalue weighted by Gasteiger charge is -2.36. The number of carbonyl (C=O) groups is 9. The van der Waals surface area contributed by atoms with E-state index in [-0.39, 0.29) is 66.5 Å². The van der Waals surface area contributed by atoms with Crippen LogP contribution in [0.4, 0.5) is 4.79 Å². The molecular weight excluding hydrogens is 893 g/mol. The molecule has 0 aromatic carbocycles. The molecule has 1 saturated carbocycles. The van der Waals surface area contributed by atoms with Crippen molar-refractivity contribution in [2.75, 3.05) is 39.3 Å². The molecule has 396 valence electrons. The molecule has 0 bridgehead atoms. The zero-order valence-corrected chi connectivity index (χ0v) is 41.9. The van der Waals surface area contributed by atoms with E-state index < -0.39 is 42.1 Å². The number of carbonyl (C=O) groups excluding carboxylic acids is 8. The number of unbranched alkanes of at least 4 members (excludes halogenated alkanes) is 10. The van der Waals surface area contributed by atoms with E-state index in [9.17, 15) is 48.3 Å². The fraction of sp³-hybridized carbons (Fsp3) is 0.812. The average molecular weight is 981 g/mol. The summed E-state index contributed by atoms with van der Waals surface area (Å²) in [7, 11) is 0. The van der Waals surface area contributed by atoms with Gasteiger partial charge in [0, 0.05) is 103 Å². The number of amides is 8. The molecule has 21 nitrogen and oxygen atoms in total. The third-order valence-electron chi connectivity index (χ3n) is 12.5. The van der Waals surface area contributed by atoms with E-state index in [1.807, 2.05) is 19.3 Å². The molecule has 5 unspecified atom stereocenters. The minimum absolute atomic E-state index is 0.00129. The molecule has 1 fully saturated rings. The Hall–Kier alpha value is -5.05. The van der Waals surface area contributed by atoms with E-state index in [4.69, 9.17) is 16.3 Å². The highest BCUT2D eigenvalue weighted by atomic mass is 16.6. The van der Waals surface area contributed by atoms with Crippen LogP contribution in [0.5, 0.6) is 0 Å². The van der Waals surface area contributed by atoms with Gasteiger partial charge in [-0.05, 0) is 76.5 Å². The number of carboxylic acid groups (broad SMARTS) is 1. The van der Waals surface area contributed by atoms with E-state index in [0.29, 0.717) is 84.2 Å². The summed E-state index contributed by atoms with van der Waals surface area (Å²) in [6.07, 6.45) is 13.2. The minimum Gasteiger partial charge on any atom is -0.481 e. The van der Waals surface area contributed by atoms with Crippen LogP contribution in [-0.4, -0.2) is 116 Å². The number of aliphatic carboxylic acids is 1. The first-order chi connectivity index (χ1) is 33.1. The van der Waals surface area contributed by atoms with Crippen molar-refractivity contribution in [1.29, 1.82) is 0 Å². The number of nitrogens with two attached hydrogens (primary N) is 2. The van der Waals surface area contributed by atoms with Crippen LogP contribution in [-0.2, 0) is 43.1 Å². The summed E-state index contributed by atoms with van der Waals surface area (Å²) in [6.45, 7) is 8.43. The number of alkyl carbamates (subject to hydrolysis) is 1. The SMILES string of the molecule is CCC(CC)C(NC(C)=O)C1C(N)CC(C(=O)O)C1OC(=O)NCCCCCCNC(=O)CCCCNC(=O)CCCCCNC(=O)CCCCCNC(=O)CCCCCNC(=O)CCC(=O)NN. The van der Waals surface area contributed by atoms with E-state index in [1.165, 1.54) is 6.92 Å². The fourth-order valence-electron chi connectivity index (χ4n) is 8.54. The van der Waals surface area contributed by atoms with E-state index in [1.54, 1.807) is 0 Å². The van der Waals surface area contributed by atoms with Crippen LogP contribution in [0, 0.1) is 17.8 Å². The molecule has 13 N–H and O–H groups in total. The van der Waals surface area contributed by atoms with Gasteiger partial charge in [0.25, 0.3) is 0 Å². The number of carboxylic acids is 1. The third-order valence-corrected chi connectivity index (χ3v) is 12.5. The van der Waals surface area contributed by atoms with E-state index in [0.717, 1.165) is 89.9 Å². The first kappa shape index (κ1) is 62.0. The quantitative estimate of drug-likeness (QED) is 0.0182.